The maximum absolute atomic E-state index is 5.69. The summed E-state index contributed by atoms with van der Waals surface area (Å²) in [6.45, 7) is 1.53. The highest BCUT2D eigenvalue weighted by Gasteiger charge is 2.08. The van der Waals surface area contributed by atoms with E-state index in [1.807, 2.05) is 18.2 Å². The lowest BCUT2D eigenvalue weighted by molar-refractivity contribution is 0.117. The molecule has 5 heteroatoms. The first kappa shape index (κ1) is 16.1. The Hall–Kier alpha value is -0.230. The number of alkyl halides is 1. The molecule has 1 aromatic heterocycles. The van der Waals surface area contributed by atoms with Gasteiger partial charge in [0.1, 0.15) is 0 Å². The Kier molecular flexibility index (Phi) is 7.21. The Balaban J connectivity index is 1.62. The molecule has 2 aromatic rings. The monoisotopic (exact) mass is 417 g/mol. The zero-order valence-electron chi connectivity index (χ0n) is 11.1. The Morgan fingerprint density at radius 2 is 1.95 bits per heavy atom. The van der Waals surface area contributed by atoms with Crippen LogP contribution in [0.5, 0.6) is 0 Å². The molecule has 2 rings (SSSR count). The first-order valence-electron chi connectivity index (χ1n) is 6.61. The van der Waals surface area contributed by atoms with Crippen molar-refractivity contribution in [3.05, 3.63) is 50.4 Å². The van der Waals surface area contributed by atoms with Crippen LogP contribution < -0.4 is 0 Å². The van der Waals surface area contributed by atoms with Crippen molar-refractivity contribution in [2.75, 3.05) is 6.61 Å². The Morgan fingerprint density at radius 3 is 2.70 bits per heavy atom. The average Bonchev–Trinajstić information content (AvgIpc) is 2.84. The van der Waals surface area contributed by atoms with Gasteiger partial charge >= 0.3 is 0 Å². The molecule has 0 saturated heterocycles. The molecule has 0 saturated carbocycles. The van der Waals surface area contributed by atoms with Crippen LogP contribution in [-0.4, -0.2) is 11.6 Å². The van der Waals surface area contributed by atoms with Gasteiger partial charge in [-0.25, -0.2) is 4.98 Å². The van der Waals surface area contributed by atoms with Gasteiger partial charge < -0.3 is 4.74 Å². The van der Waals surface area contributed by atoms with E-state index < -0.39 is 0 Å². The average molecular weight is 419 g/mol. The number of hydrogen-bond acceptors (Lipinski definition) is 3. The van der Waals surface area contributed by atoms with Crippen LogP contribution in [0, 0.1) is 0 Å². The van der Waals surface area contributed by atoms with Crippen LogP contribution in [0.2, 0.25) is 0 Å². The van der Waals surface area contributed by atoms with E-state index in [-0.39, 0.29) is 0 Å². The summed E-state index contributed by atoms with van der Waals surface area (Å²) in [5, 5.41) is 0.828. The molecule has 0 bridgehead atoms. The molecule has 0 N–H and O–H groups in total. The van der Waals surface area contributed by atoms with Crippen molar-refractivity contribution >= 4 is 43.2 Å². The van der Waals surface area contributed by atoms with Crippen LogP contribution in [-0.2, 0) is 23.1 Å². The predicted molar refractivity (Wildman–Crippen MR) is 91.5 cm³/mol. The zero-order valence-corrected chi connectivity index (χ0v) is 15.1. The molecule has 2 nitrogen and oxygen atoms in total. The third-order valence-electron chi connectivity index (χ3n) is 2.93. The molecule has 1 heterocycles. The number of rotatable bonds is 8. The summed E-state index contributed by atoms with van der Waals surface area (Å²) in [7, 11) is 0. The van der Waals surface area contributed by atoms with Crippen molar-refractivity contribution in [2.45, 2.75) is 31.2 Å². The Bertz CT molecular complexity index is 516. The van der Waals surface area contributed by atoms with Crippen molar-refractivity contribution in [3.63, 3.8) is 0 Å². The van der Waals surface area contributed by atoms with Crippen LogP contribution in [0.1, 0.15) is 29.0 Å². The number of aryl methyl sites for hydroxylation is 1. The molecular formula is C15H17Br2NOS. The molecule has 0 unspecified atom stereocenters. The summed E-state index contributed by atoms with van der Waals surface area (Å²) in [5.74, 6) is 0. The molecule has 1 aromatic carbocycles. The first-order valence-corrected chi connectivity index (χ1v) is 9.34. The van der Waals surface area contributed by atoms with Crippen molar-refractivity contribution in [1.82, 2.24) is 4.98 Å². The normalized spacial score (nSPS) is 10.9. The second-order valence-corrected chi connectivity index (χ2v) is 7.39. The van der Waals surface area contributed by atoms with E-state index in [0.29, 0.717) is 6.61 Å². The lowest BCUT2D eigenvalue weighted by atomic mass is 10.2. The Labute approximate surface area is 140 Å². The SMILES string of the molecule is BrCc1nc(Br)sc1CCCCOCc1ccccc1. The van der Waals surface area contributed by atoms with Crippen molar-refractivity contribution in [1.29, 1.82) is 0 Å². The fourth-order valence-corrected chi connectivity index (χ4v) is 4.20. The smallest absolute Gasteiger partial charge is 0.159 e. The first-order chi connectivity index (χ1) is 9.79. The lowest BCUT2D eigenvalue weighted by Gasteiger charge is -2.04. The molecule has 20 heavy (non-hydrogen) atoms. The minimum absolute atomic E-state index is 0.708. The maximum Gasteiger partial charge on any atom is 0.159 e. The minimum atomic E-state index is 0.708. The van der Waals surface area contributed by atoms with Gasteiger partial charge in [-0.15, -0.1) is 11.3 Å². The van der Waals surface area contributed by atoms with Crippen LogP contribution in [0.15, 0.2) is 34.2 Å². The summed E-state index contributed by atoms with van der Waals surface area (Å²) in [5.41, 5.74) is 2.40. The van der Waals surface area contributed by atoms with Crippen LogP contribution in [0.4, 0.5) is 0 Å². The molecule has 0 aliphatic carbocycles. The number of aromatic nitrogens is 1. The van der Waals surface area contributed by atoms with Crippen LogP contribution >= 0.6 is 43.2 Å². The highest BCUT2D eigenvalue weighted by Crippen LogP contribution is 2.26. The summed E-state index contributed by atoms with van der Waals surface area (Å²) in [4.78, 5) is 5.81. The third kappa shape index (κ3) is 5.28. The highest BCUT2D eigenvalue weighted by molar-refractivity contribution is 9.11. The summed E-state index contributed by atoms with van der Waals surface area (Å²) >= 11 is 8.66. The largest absolute Gasteiger partial charge is 0.377 e. The van der Waals surface area contributed by atoms with E-state index in [1.54, 1.807) is 11.3 Å². The number of nitrogens with zero attached hydrogens (tertiary/aromatic N) is 1. The van der Waals surface area contributed by atoms with Gasteiger partial charge in [0.05, 0.1) is 12.3 Å². The molecule has 0 spiro atoms. The van der Waals surface area contributed by atoms with Gasteiger partial charge in [-0.3, -0.25) is 0 Å². The van der Waals surface area contributed by atoms with Gasteiger partial charge in [-0.05, 0) is 40.8 Å². The van der Waals surface area contributed by atoms with Crippen molar-refractivity contribution < 1.29 is 4.74 Å². The van der Waals surface area contributed by atoms with Crippen LogP contribution in [0.3, 0.4) is 0 Å². The van der Waals surface area contributed by atoms with E-state index in [2.05, 4.69) is 49.0 Å². The second kappa shape index (κ2) is 8.93. The molecule has 0 aliphatic heterocycles. The third-order valence-corrected chi connectivity index (χ3v) is 5.07. The molecule has 108 valence electrons. The molecule has 0 fully saturated rings. The second-order valence-electron chi connectivity index (χ2n) is 4.47. The van der Waals surface area contributed by atoms with Gasteiger partial charge in [0.2, 0.25) is 0 Å². The maximum atomic E-state index is 5.69. The number of ether oxygens (including phenoxy) is 1. The number of hydrogen-bond donors (Lipinski definition) is 0. The van der Waals surface area contributed by atoms with Crippen molar-refractivity contribution in [2.24, 2.45) is 0 Å². The predicted octanol–water partition coefficient (Wildman–Crippen LogP) is 5.34. The van der Waals surface area contributed by atoms with Gasteiger partial charge in [0.25, 0.3) is 0 Å². The molecule has 0 atom stereocenters. The quantitative estimate of drug-likeness (QED) is 0.426. The molecular weight excluding hydrogens is 402 g/mol. The highest BCUT2D eigenvalue weighted by atomic mass is 79.9. The Morgan fingerprint density at radius 1 is 1.15 bits per heavy atom. The molecule has 0 aliphatic rings. The lowest BCUT2D eigenvalue weighted by Crippen LogP contribution is -1.96. The molecule has 0 radical (unpaired) electrons. The number of halogens is 2. The summed E-state index contributed by atoms with van der Waals surface area (Å²) < 4.78 is 6.66. The van der Waals surface area contributed by atoms with Gasteiger partial charge in [0, 0.05) is 16.8 Å². The van der Waals surface area contributed by atoms with E-state index >= 15 is 0 Å². The van der Waals surface area contributed by atoms with Crippen molar-refractivity contribution in [3.8, 4) is 0 Å². The molecule has 0 amide bonds. The number of unbranched alkanes of at least 4 members (excludes halogenated alkanes) is 1. The van der Waals surface area contributed by atoms with Gasteiger partial charge in [-0.1, -0.05) is 46.3 Å². The van der Waals surface area contributed by atoms with E-state index in [0.717, 1.165) is 40.8 Å². The van der Waals surface area contributed by atoms with E-state index in [1.165, 1.54) is 10.4 Å². The fourth-order valence-electron chi connectivity index (χ4n) is 1.91. The summed E-state index contributed by atoms with van der Waals surface area (Å²) in [6.07, 6.45) is 3.31. The van der Waals surface area contributed by atoms with E-state index in [9.17, 15) is 0 Å². The van der Waals surface area contributed by atoms with Gasteiger partial charge in [0.15, 0.2) is 3.92 Å². The standard InChI is InChI=1S/C15H17Br2NOS/c16-10-13-14(20-15(17)18-13)8-4-5-9-19-11-12-6-2-1-3-7-12/h1-3,6-7H,4-5,8-11H2. The summed E-state index contributed by atoms with van der Waals surface area (Å²) in [6, 6.07) is 10.3. The number of benzene rings is 1. The van der Waals surface area contributed by atoms with E-state index in [4.69, 9.17) is 4.74 Å². The fraction of sp³-hybridized carbons (Fsp3) is 0.400. The number of thiazole rings is 1. The van der Waals surface area contributed by atoms with Crippen LogP contribution in [0.25, 0.3) is 0 Å². The minimum Gasteiger partial charge on any atom is -0.377 e. The van der Waals surface area contributed by atoms with Gasteiger partial charge in [-0.2, -0.15) is 0 Å². The zero-order chi connectivity index (χ0) is 14.2. The topological polar surface area (TPSA) is 22.1 Å².